The van der Waals surface area contributed by atoms with E-state index in [2.05, 4.69) is 5.32 Å². The second-order valence-corrected chi connectivity index (χ2v) is 9.13. The third-order valence-electron chi connectivity index (χ3n) is 4.71. The maximum Gasteiger partial charge on any atom is 0.242 e. The van der Waals surface area contributed by atoms with Crippen molar-refractivity contribution in [3.05, 3.63) is 90.5 Å². The lowest BCUT2D eigenvalue weighted by atomic mass is 10.2. The second kappa shape index (κ2) is 10.7. The van der Waals surface area contributed by atoms with Crippen LogP contribution in [0.15, 0.2) is 89.8 Å². The van der Waals surface area contributed by atoms with Gasteiger partial charge in [0.15, 0.2) is 0 Å². The van der Waals surface area contributed by atoms with Crippen LogP contribution >= 0.6 is 0 Å². The van der Waals surface area contributed by atoms with E-state index < -0.39 is 10.0 Å². The fourth-order valence-corrected chi connectivity index (χ4v) is 4.18. The number of ether oxygens (including phenoxy) is 1. The summed E-state index contributed by atoms with van der Waals surface area (Å²) in [5.74, 6) is 0.554. The van der Waals surface area contributed by atoms with Gasteiger partial charge in [-0.15, -0.1) is 0 Å². The van der Waals surface area contributed by atoms with Crippen LogP contribution in [0, 0.1) is 0 Å². The van der Waals surface area contributed by atoms with Crippen molar-refractivity contribution < 1.29 is 17.9 Å². The van der Waals surface area contributed by atoms with Crippen LogP contribution in [0.1, 0.15) is 18.4 Å². The van der Waals surface area contributed by atoms with Gasteiger partial charge in [-0.25, -0.2) is 12.7 Å². The number of nitrogens with one attached hydrogen (secondary N) is 1. The Kier molecular flexibility index (Phi) is 7.81. The molecule has 1 N–H and O–H groups in total. The van der Waals surface area contributed by atoms with Gasteiger partial charge in [-0.2, -0.15) is 0 Å². The maximum atomic E-state index is 12.5. The Morgan fingerprint density at radius 1 is 0.903 bits per heavy atom. The van der Waals surface area contributed by atoms with Gasteiger partial charge in [-0.1, -0.05) is 48.5 Å². The molecule has 0 saturated heterocycles. The highest BCUT2D eigenvalue weighted by atomic mass is 32.2. The third kappa shape index (κ3) is 6.67. The van der Waals surface area contributed by atoms with Crippen LogP contribution in [0.5, 0.6) is 5.75 Å². The molecule has 0 spiro atoms. The zero-order valence-corrected chi connectivity index (χ0v) is 18.2. The molecule has 0 atom stereocenters. The highest BCUT2D eigenvalue weighted by Gasteiger charge is 2.20. The van der Waals surface area contributed by atoms with Gasteiger partial charge in [0, 0.05) is 25.7 Å². The summed E-state index contributed by atoms with van der Waals surface area (Å²) in [5, 5.41) is 2.82. The Bertz CT molecular complexity index is 1070. The van der Waals surface area contributed by atoms with Crippen molar-refractivity contribution in [2.24, 2.45) is 0 Å². The van der Waals surface area contributed by atoms with Crippen LogP contribution in [0.3, 0.4) is 0 Å². The van der Waals surface area contributed by atoms with Gasteiger partial charge in [0.1, 0.15) is 12.4 Å². The summed E-state index contributed by atoms with van der Waals surface area (Å²) >= 11 is 0. The lowest BCUT2D eigenvalue weighted by molar-refractivity contribution is -0.116. The van der Waals surface area contributed by atoms with Crippen molar-refractivity contribution >= 4 is 21.6 Å². The minimum absolute atomic E-state index is 0.163. The van der Waals surface area contributed by atoms with Crippen LogP contribution in [0.4, 0.5) is 5.69 Å². The fraction of sp³-hybridized carbons (Fsp3) is 0.208. The van der Waals surface area contributed by atoms with Crippen LogP contribution < -0.4 is 10.1 Å². The van der Waals surface area contributed by atoms with Crippen molar-refractivity contribution in [3.63, 3.8) is 0 Å². The minimum atomic E-state index is -3.54. The zero-order valence-electron chi connectivity index (χ0n) is 17.4. The number of hydrogen-bond donors (Lipinski definition) is 1. The molecule has 1 amide bonds. The Morgan fingerprint density at radius 3 is 2.16 bits per heavy atom. The van der Waals surface area contributed by atoms with Crippen molar-refractivity contribution in [3.8, 4) is 5.75 Å². The summed E-state index contributed by atoms with van der Waals surface area (Å²) in [6, 6.07) is 25.3. The number of amides is 1. The van der Waals surface area contributed by atoms with Gasteiger partial charge in [0.05, 0.1) is 4.90 Å². The highest BCUT2D eigenvalue weighted by molar-refractivity contribution is 7.89. The molecule has 0 aliphatic rings. The first-order chi connectivity index (χ1) is 14.9. The summed E-state index contributed by atoms with van der Waals surface area (Å²) in [5.41, 5.74) is 1.75. The van der Waals surface area contributed by atoms with Crippen molar-refractivity contribution in [1.29, 1.82) is 0 Å². The fourth-order valence-electron chi connectivity index (χ4n) is 2.95. The Morgan fingerprint density at radius 2 is 1.52 bits per heavy atom. The van der Waals surface area contributed by atoms with Crippen LogP contribution in [0.2, 0.25) is 0 Å². The average Bonchev–Trinajstić information content (AvgIpc) is 2.80. The van der Waals surface area contributed by atoms with Gasteiger partial charge in [-0.05, 0) is 48.4 Å². The summed E-state index contributed by atoms with van der Waals surface area (Å²) in [6.07, 6.45) is 0.646. The zero-order chi connectivity index (χ0) is 22.1. The standard InChI is InChI=1S/C24H26N2O4S/c1-26(31(28,29)23-11-6-3-7-12-23)18-8-13-24(27)25-21-14-16-22(17-15-21)30-19-20-9-4-2-5-10-20/h2-7,9-12,14-17H,8,13,18-19H2,1H3,(H,25,27). The maximum absolute atomic E-state index is 12.5. The number of hydrogen-bond acceptors (Lipinski definition) is 4. The number of benzene rings is 3. The second-order valence-electron chi connectivity index (χ2n) is 7.09. The third-order valence-corrected chi connectivity index (χ3v) is 6.59. The molecule has 0 saturated carbocycles. The first-order valence-corrected chi connectivity index (χ1v) is 11.5. The molecule has 0 heterocycles. The number of rotatable bonds is 10. The molecule has 0 fully saturated rings. The van der Waals surface area contributed by atoms with E-state index in [1.165, 1.54) is 11.4 Å². The lowest BCUT2D eigenvalue weighted by Crippen LogP contribution is -2.28. The number of anilines is 1. The quantitative estimate of drug-likeness (QED) is 0.512. The van der Waals surface area contributed by atoms with E-state index in [9.17, 15) is 13.2 Å². The molecule has 3 rings (SSSR count). The Labute approximate surface area is 183 Å². The monoisotopic (exact) mass is 438 g/mol. The molecule has 6 nitrogen and oxygen atoms in total. The molecule has 0 bridgehead atoms. The topological polar surface area (TPSA) is 75.7 Å². The smallest absolute Gasteiger partial charge is 0.242 e. The van der Waals surface area contributed by atoms with E-state index in [-0.39, 0.29) is 23.8 Å². The molecule has 31 heavy (non-hydrogen) atoms. The van der Waals surface area contributed by atoms with E-state index in [1.54, 1.807) is 54.6 Å². The van der Waals surface area contributed by atoms with E-state index in [1.807, 2.05) is 30.3 Å². The van der Waals surface area contributed by atoms with E-state index in [0.29, 0.717) is 18.7 Å². The van der Waals surface area contributed by atoms with Gasteiger partial charge >= 0.3 is 0 Å². The Hall–Kier alpha value is -3.16. The molecule has 0 aliphatic heterocycles. The van der Waals surface area contributed by atoms with Crippen LogP contribution in [-0.2, 0) is 21.4 Å². The first-order valence-electron chi connectivity index (χ1n) is 10.0. The average molecular weight is 439 g/mol. The molecular formula is C24H26N2O4S. The SMILES string of the molecule is CN(CCCC(=O)Nc1ccc(OCc2ccccc2)cc1)S(=O)(=O)c1ccccc1. The molecule has 7 heteroatoms. The number of sulfonamides is 1. The van der Waals surface area contributed by atoms with Gasteiger partial charge in [-0.3, -0.25) is 4.79 Å². The highest BCUT2D eigenvalue weighted by Crippen LogP contribution is 2.18. The van der Waals surface area contributed by atoms with Gasteiger partial charge in [0.25, 0.3) is 0 Å². The van der Waals surface area contributed by atoms with Crippen molar-refractivity contribution in [2.45, 2.75) is 24.3 Å². The molecule has 3 aromatic rings. The van der Waals surface area contributed by atoms with Crippen molar-refractivity contribution in [2.75, 3.05) is 18.9 Å². The van der Waals surface area contributed by atoms with Crippen LogP contribution in [-0.4, -0.2) is 32.2 Å². The summed E-state index contributed by atoms with van der Waals surface area (Å²) in [7, 11) is -2.02. The van der Waals surface area contributed by atoms with Gasteiger partial charge < -0.3 is 10.1 Å². The van der Waals surface area contributed by atoms with E-state index in [4.69, 9.17) is 4.74 Å². The molecule has 0 aliphatic carbocycles. The summed E-state index contributed by atoms with van der Waals surface area (Å²) in [6.45, 7) is 0.739. The number of carbonyl (C=O) groups is 1. The molecule has 0 radical (unpaired) electrons. The van der Waals surface area contributed by atoms with E-state index >= 15 is 0 Å². The summed E-state index contributed by atoms with van der Waals surface area (Å²) in [4.78, 5) is 12.4. The molecule has 3 aromatic carbocycles. The molecule has 162 valence electrons. The predicted octanol–water partition coefficient (Wildman–Crippen LogP) is 4.31. The normalized spacial score (nSPS) is 11.3. The van der Waals surface area contributed by atoms with E-state index in [0.717, 1.165) is 11.3 Å². The summed E-state index contributed by atoms with van der Waals surface area (Å²) < 4.78 is 32.0. The Balaban J connectivity index is 1.42. The predicted molar refractivity (Wildman–Crippen MR) is 121 cm³/mol. The van der Waals surface area contributed by atoms with Crippen molar-refractivity contribution in [1.82, 2.24) is 4.31 Å². The lowest BCUT2D eigenvalue weighted by Gasteiger charge is -2.17. The molecule has 0 unspecified atom stereocenters. The first kappa shape index (κ1) is 22.5. The molecule has 0 aromatic heterocycles. The molecular weight excluding hydrogens is 412 g/mol. The number of nitrogens with zero attached hydrogens (tertiary/aromatic N) is 1. The van der Waals surface area contributed by atoms with Crippen LogP contribution in [0.25, 0.3) is 0 Å². The van der Waals surface area contributed by atoms with Gasteiger partial charge in [0.2, 0.25) is 15.9 Å². The largest absolute Gasteiger partial charge is 0.489 e. The minimum Gasteiger partial charge on any atom is -0.489 e. The number of carbonyl (C=O) groups excluding carboxylic acids is 1.